The summed E-state index contributed by atoms with van der Waals surface area (Å²) in [6.07, 6.45) is 0. The third-order valence-corrected chi connectivity index (χ3v) is 3.97. The molecule has 0 atom stereocenters. The number of halogens is 1. The Bertz CT molecular complexity index is 355. The lowest BCUT2D eigenvalue weighted by Gasteiger charge is -2.26. The standard InChI is InChI=1S/C12H16ClNOS/c1-2-14-6-9-3-4-10(13)5-12(9)16-11-7-15-8-11/h3-5,11,14H,2,6-8H2,1H3. The van der Waals surface area contributed by atoms with Crippen LogP contribution in [0.15, 0.2) is 23.1 Å². The maximum atomic E-state index is 6.03. The SMILES string of the molecule is CCNCc1ccc(Cl)cc1SC1COC1. The summed E-state index contributed by atoms with van der Waals surface area (Å²) in [5, 5.41) is 4.75. The zero-order valence-corrected chi connectivity index (χ0v) is 10.9. The van der Waals surface area contributed by atoms with Gasteiger partial charge in [0.15, 0.2) is 0 Å². The van der Waals surface area contributed by atoms with Crippen molar-refractivity contribution in [1.82, 2.24) is 5.32 Å². The average molecular weight is 258 g/mol. The van der Waals surface area contributed by atoms with Crippen LogP contribution in [0.5, 0.6) is 0 Å². The Morgan fingerprint density at radius 2 is 2.31 bits per heavy atom. The summed E-state index contributed by atoms with van der Waals surface area (Å²) in [6, 6.07) is 6.11. The topological polar surface area (TPSA) is 21.3 Å². The maximum Gasteiger partial charge on any atom is 0.0611 e. The van der Waals surface area contributed by atoms with Gasteiger partial charge in [-0.2, -0.15) is 0 Å². The third kappa shape index (κ3) is 3.14. The van der Waals surface area contributed by atoms with Crippen LogP contribution in [0.1, 0.15) is 12.5 Å². The zero-order valence-electron chi connectivity index (χ0n) is 9.33. The molecule has 88 valence electrons. The largest absolute Gasteiger partial charge is 0.379 e. The number of thioether (sulfide) groups is 1. The van der Waals surface area contributed by atoms with E-state index in [0.717, 1.165) is 31.3 Å². The molecule has 0 radical (unpaired) electrons. The van der Waals surface area contributed by atoms with E-state index in [1.54, 1.807) is 0 Å². The first-order valence-corrected chi connectivity index (χ1v) is 6.79. The molecule has 2 rings (SSSR count). The van der Waals surface area contributed by atoms with Crippen LogP contribution in [0.2, 0.25) is 5.02 Å². The highest BCUT2D eigenvalue weighted by atomic mass is 35.5. The van der Waals surface area contributed by atoms with Gasteiger partial charge in [-0.1, -0.05) is 24.6 Å². The van der Waals surface area contributed by atoms with Gasteiger partial charge in [0.05, 0.1) is 18.5 Å². The molecule has 0 aliphatic carbocycles. The Balaban J connectivity index is 2.07. The molecule has 0 saturated carbocycles. The minimum Gasteiger partial charge on any atom is -0.379 e. The van der Waals surface area contributed by atoms with Gasteiger partial charge in [0.1, 0.15) is 0 Å². The van der Waals surface area contributed by atoms with E-state index in [-0.39, 0.29) is 0 Å². The highest BCUT2D eigenvalue weighted by Crippen LogP contribution is 2.32. The van der Waals surface area contributed by atoms with Crippen LogP contribution in [0, 0.1) is 0 Å². The molecular formula is C12H16ClNOS. The molecular weight excluding hydrogens is 242 g/mol. The van der Waals surface area contributed by atoms with Crippen molar-refractivity contribution in [2.24, 2.45) is 0 Å². The molecule has 1 N–H and O–H groups in total. The number of hydrogen-bond donors (Lipinski definition) is 1. The summed E-state index contributed by atoms with van der Waals surface area (Å²) < 4.78 is 5.19. The summed E-state index contributed by atoms with van der Waals surface area (Å²) in [5.41, 5.74) is 1.32. The van der Waals surface area contributed by atoms with Crippen molar-refractivity contribution in [3.8, 4) is 0 Å². The monoisotopic (exact) mass is 257 g/mol. The van der Waals surface area contributed by atoms with E-state index in [4.69, 9.17) is 16.3 Å². The summed E-state index contributed by atoms with van der Waals surface area (Å²) in [5.74, 6) is 0. The predicted molar refractivity (Wildman–Crippen MR) is 69.3 cm³/mol. The van der Waals surface area contributed by atoms with Crippen LogP contribution >= 0.6 is 23.4 Å². The molecule has 0 bridgehead atoms. The fourth-order valence-corrected chi connectivity index (χ4v) is 2.92. The van der Waals surface area contributed by atoms with Crippen molar-refractivity contribution in [2.75, 3.05) is 19.8 Å². The van der Waals surface area contributed by atoms with Gasteiger partial charge in [-0.3, -0.25) is 0 Å². The van der Waals surface area contributed by atoms with Crippen molar-refractivity contribution < 1.29 is 4.74 Å². The van der Waals surface area contributed by atoms with Gasteiger partial charge >= 0.3 is 0 Å². The van der Waals surface area contributed by atoms with Crippen LogP contribution in [-0.2, 0) is 11.3 Å². The first-order valence-electron chi connectivity index (χ1n) is 5.53. The number of ether oxygens (including phenoxy) is 1. The summed E-state index contributed by atoms with van der Waals surface area (Å²) >= 11 is 7.90. The minimum atomic E-state index is 0.596. The fraction of sp³-hybridized carbons (Fsp3) is 0.500. The lowest BCUT2D eigenvalue weighted by Crippen LogP contribution is -2.30. The van der Waals surface area contributed by atoms with Crippen molar-refractivity contribution in [2.45, 2.75) is 23.6 Å². The molecule has 2 nitrogen and oxygen atoms in total. The van der Waals surface area contributed by atoms with Gasteiger partial charge in [-0.25, -0.2) is 0 Å². The van der Waals surface area contributed by atoms with E-state index in [2.05, 4.69) is 24.4 Å². The first-order chi connectivity index (χ1) is 7.79. The Hall–Kier alpha value is -0.220. The second-order valence-corrected chi connectivity index (χ2v) is 5.59. The number of benzene rings is 1. The lowest BCUT2D eigenvalue weighted by atomic mass is 10.2. The Labute approximate surface area is 106 Å². The quantitative estimate of drug-likeness (QED) is 0.876. The van der Waals surface area contributed by atoms with Gasteiger partial charge in [-0.05, 0) is 24.2 Å². The minimum absolute atomic E-state index is 0.596. The Morgan fingerprint density at radius 3 is 2.94 bits per heavy atom. The van der Waals surface area contributed by atoms with Gasteiger partial charge in [0, 0.05) is 16.5 Å². The van der Waals surface area contributed by atoms with Crippen LogP contribution in [0.3, 0.4) is 0 Å². The van der Waals surface area contributed by atoms with Crippen LogP contribution in [-0.4, -0.2) is 25.0 Å². The van der Waals surface area contributed by atoms with E-state index in [1.807, 2.05) is 17.8 Å². The molecule has 1 heterocycles. The van der Waals surface area contributed by atoms with E-state index >= 15 is 0 Å². The normalized spacial score (nSPS) is 16.1. The van der Waals surface area contributed by atoms with E-state index in [9.17, 15) is 0 Å². The molecule has 4 heteroatoms. The molecule has 0 unspecified atom stereocenters. The second kappa shape index (κ2) is 5.92. The van der Waals surface area contributed by atoms with Crippen molar-refractivity contribution in [1.29, 1.82) is 0 Å². The molecule has 1 saturated heterocycles. The number of rotatable bonds is 5. The molecule has 16 heavy (non-hydrogen) atoms. The molecule has 1 aromatic carbocycles. The van der Waals surface area contributed by atoms with E-state index < -0.39 is 0 Å². The van der Waals surface area contributed by atoms with Gasteiger partial charge in [0.25, 0.3) is 0 Å². The van der Waals surface area contributed by atoms with Crippen molar-refractivity contribution in [3.63, 3.8) is 0 Å². The maximum absolute atomic E-state index is 6.03. The van der Waals surface area contributed by atoms with Crippen LogP contribution in [0.4, 0.5) is 0 Å². The lowest BCUT2D eigenvalue weighted by molar-refractivity contribution is 0.0455. The van der Waals surface area contributed by atoms with Crippen molar-refractivity contribution >= 4 is 23.4 Å². The predicted octanol–water partition coefficient (Wildman–Crippen LogP) is 2.94. The second-order valence-electron chi connectivity index (χ2n) is 3.81. The summed E-state index contributed by atoms with van der Waals surface area (Å²) in [6.45, 7) is 5.72. The highest BCUT2D eigenvalue weighted by molar-refractivity contribution is 8.00. The van der Waals surface area contributed by atoms with Crippen molar-refractivity contribution in [3.05, 3.63) is 28.8 Å². The van der Waals surface area contributed by atoms with Gasteiger partial charge in [-0.15, -0.1) is 11.8 Å². The van der Waals surface area contributed by atoms with Gasteiger partial charge in [0.2, 0.25) is 0 Å². The average Bonchev–Trinajstić information content (AvgIpc) is 2.22. The highest BCUT2D eigenvalue weighted by Gasteiger charge is 2.20. The number of nitrogens with one attached hydrogen (secondary N) is 1. The molecule has 1 aliphatic rings. The molecule has 0 spiro atoms. The number of hydrogen-bond acceptors (Lipinski definition) is 3. The van der Waals surface area contributed by atoms with Gasteiger partial charge < -0.3 is 10.1 Å². The summed E-state index contributed by atoms with van der Waals surface area (Å²) in [4.78, 5) is 1.28. The molecule has 0 amide bonds. The first kappa shape index (κ1) is 12.2. The van der Waals surface area contributed by atoms with Crippen LogP contribution in [0.25, 0.3) is 0 Å². The fourth-order valence-electron chi connectivity index (χ4n) is 1.51. The van der Waals surface area contributed by atoms with Crippen LogP contribution < -0.4 is 5.32 Å². The Morgan fingerprint density at radius 1 is 1.50 bits per heavy atom. The molecule has 1 fully saturated rings. The molecule has 0 aromatic heterocycles. The Kier molecular flexibility index (Phi) is 4.53. The van der Waals surface area contributed by atoms with E-state index in [0.29, 0.717) is 5.25 Å². The molecule has 1 aliphatic heterocycles. The third-order valence-electron chi connectivity index (χ3n) is 2.50. The molecule has 1 aromatic rings. The summed E-state index contributed by atoms with van der Waals surface area (Å²) in [7, 11) is 0. The van der Waals surface area contributed by atoms with E-state index in [1.165, 1.54) is 10.5 Å². The smallest absolute Gasteiger partial charge is 0.0611 e. The zero-order chi connectivity index (χ0) is 11.4.